The van der Waals surface area contributed by atoms with Crippen molar-refractivity contribution < 1.29 is 13.6 Å². The number of thiazole rings is 1. The Morgan fingerprint density at radius 3 is 2.89 bits per heavy atom. The molecule has 0 spiro atoms. The molecule has 148 valence electrons. The third-order valence-corrected chi connectivity index (χ3v) is 5.81. The van der Waals surface area contributed by atoms with E-state index in [-0.39, 0.29) is 5.91 Å². The average molecular weight is 405 g/mol. The molecule has 1 amide bonds. The van der Waals surface area contributed by atoms with E-state index in [4.69, 9.17) is 0 Å². The van der Waals surface area contributed by atoms with Crippen LogP contribution in [0.4, 0.5) is 13.9 Å². The summed E-state index contributed by atoms with van der Waals surface area (Å²) in [5.41, 5.74) is 2.11. The molecule has 3 aromatic rings. The fourth-order valence-electron chi connectivity index (χ4n) is 3.33. The van der Waals surface area contributed by atoms with Crippen LogP contribution in [0.3, 0.4) is 0 Å². The number of rotatable bonds is 5. The summed E-state index contributed by atoms with van der Waals surface area (Å²) in [4.78, 5) is 25.7. The summed E-state index contributed by atoms with van der Waals surface area (Å²) >= 11 is 1.38. The van der Waals surface area contributed by atoms with E-state index in [1.807, 2.05) is 5.38 Å². The van der Waals surface area contributed by atoms with Crippen molar-refractivity contribution in [3.63, 3.8) is 0 Å². The number of anilines is 1. The summed E-state index contributed by atoms with van der Waals surface area (Å²) in [5.74, 6) is 0.0533. The number of nitrogens with zero attached hydrogens (tertiary/aromatic N) is 3. The molecule has 1 aliphatic heterocycles. The van der Waals surface area contributed by atoms with Crippen molar-refractivity contribution in [1.29, 1.82) is 0 Å². The van der Waals surface area contributed by atoms with Crippen LogP contribution >= 0.6 is 11.3 Å². The van der Waals surface area contributed by atoms with Crippen LogP contribution in [0, 0.1) is 5.92 Å². The number of carbonyl (C=O) groups excluding carboxylic acids is 1. The van der Waals surface area contributed by atoms with Crippen LogP contribution in [-0.4, -0.2) is 38.8 Å². The van der Waals surface area contributed by atoms with Crippen molar-refractivity contribution in [3.05, 3.63) is 40.7 Å². The smallest absolute Gasteiger partial charge is 0.295 e. The van der Waals surface area contributed by atoms with Gasteiger partial charge in [0, 0.05) is 17.5 Å². The largest absolute Gasteiger partial charge is 0.337 e. The minimum Gasteiger partial charge on any atom is -0.337 e. The lowest BCUT2D eigenvalue weighted by Gasteiger charge is -2.29. The van der Waals surface area contributed by atoms with Gasteiger partial charge in [0.2, 0.25) is 0 Å². The van der Waals surface area contributed by atoms with E-state index in [0.29, 0.717) is 21.7 Å². The molecule has 1 aliphatic rings. The first kappa shape index (κ1) is 18.9. The van der Waals surface area contributed by atoms with E-state index in [2.05, 4.69) is 32.1 Å². The molecule has 2 aromatic heterocycles. The number of aromatic amines is 1. The number of imidazole rings is 1. The van der Waals surface area contributed by atoms with Gasteiger partial charge in [-0.2, -0.15) is 0 Å². The van der Waals surface area contributed by atoms with Gasteiger partial charge in [0.25, 0.3) is 12.3 Å². The molecule has 0 aliphatic carbocycles. The second-order valence-electron chi connectivity index (χ2n) is 7.21. The molecule has 0 unspecified atom stereocenters. The number of carbonyl (C=O) groups is 1. The lowest BCUT2D eigenvalue weighted by atomic mass is 9.99. The number of hydrogen-bond donors (Lipinski definition) is 2. The topological polar surface area (TPSA) is 73.9 Å². The molecule has 1 saturated heterocycles. The Morgan fingerprint density at radius 2 is 2.14 bits per heavy atom. The first-order valence-corrected chi connectivity index (χ1v) is 10.1. The molecule has 6 nitrogen and oxygen atoms in total. The van der Waals surface area contributed by atoms with Gasteiger partial charge in [0.1, 0.15) is 0 Å². The van der Waals surface area contributed by atoms with Crippen LogP contribution in [-0.2, 0) is 6.54 Å². The first-order chi connectivity index (χ1) is 13.5. The number of halogens is 2. The average Bonchev–Trinajstić information content (AvgIpc) is 3.29. The lowest BCUT2D eigenvalue weighted by molar-refractivity contribution is 0.102. The van der Waals surface area contributed by atoms with Crippen molar-refractivity contribution in [2.45, 2.75) is 32.7 Å². The number of alkyl halides is 2. The summed E-state index contributed by atoms with van der Waals surface area (Å²) in [6.45, 7) is 5.22. The molecule has 0 saturated carbocycles. The van der Waals surface area contributed by atoms with E-state index in [0.717, 1.165) is 31.2 Å². The molecule has 28 heavy (non-hydrogen) atoms. The number of nitrogens with one attached hydrogen (secondary N) is 2. The molecular formula is C19H21F2N5OS. The molecule has 0 atom stereocenters. The van der Waals surface area contributed by atoms with Crippen molar-refractivity contribution in [2.75, 3.05) is 18.4 Å². The predicted molar refractivity (Wildman–Crippen MR) is 105 cm³/mol. The van der Waals surface area contributed by atoms with Crippen LogP contribution in [0.15, 0.2) is 23.6 Å². The highest BCUT2D eigenvalue weighted by Crippen LogP contribution is 2.23. The maximum atomic E-state index is 12.8. The molecule has 0 bridgehead atoms. The van der Waals surface area contributed by atoms with Gasteiger partial charge in [0.05, 0.1) is 16.7 Å². The third-order valence-electron chi connectivity index (χ3n) is 5.00. The van der Waals surface area contributed by atoms with Gasteiger partial charge in [-0.25, -0.2) is 18.7 Å². The number of amides is 1. The van der Waals surface area contributed by atoms with E-state index in [1.54, 1.807) is 12.1 Å². The van der Waals surface area contributed by atoms with Crippen LogP contribution in [0.5, 0.6) is 0 Å². The van der Waals surface area contributed by atoms with E-state index >= 15 is 0 Å². The van der Waals surface area contributed by atoms with Crippen molar-refractivity contribution in [1.82, 2.24) is 19.9 Å². The predicted octanol–water partition coefficient (Wildman–Crippen LogP) is 4.44. The molecular weight excluding hydrogens is 384 g/mol. The van der Waals surface area contributed by atoms with Gasteiger partial charge in [-0.3, -0.25) is 15.0 Å². The first-order valence-electron chi connectivity index (χ1n) is 9.24. The number of aromatic nitrogens is 3. The highest BCUT2D eigenvalue weighted by atomic mass is 32.1. The highest BCUT2D eigenvalue weighted by molar-refractivity contribution is 7.14. The van der Waals surface area contributed by atoms with E-state index in [9.17, 15) is 13.6 Å². The monoisotopic (exact) mass is 405 g/mol. The van der Waals surface area contributed by atoms with Gasteiger partial charge in [-0.05, 0) is 50.0 Å². The summed E-state index contributed by atoms with van der Waals surface area (Å²) in [6.07, 6.45) is -0.268. The zero-order valence-corrected chi connectivity index (χ0v) is 16.2. The SMILES string of the molecule is CC1CCN(Cc2csc(NC(=O)c3ccc4nc(C(F)F)[nH]c4c3)n2)CC1. The van der Waals surface area contributed by atoms with Gasteiger partial charge >= 0.3 is 0 Å². The summed E-state index contributed by atoms with van der Waals surface area (Å²) < 4.78 is 25.5. The van der Waals surface area contributed by atoms with Gasteiger partial charge < -0.3 is 4.98 Å². The number of benzene rings is 1. The Hall–Kier alpha value is -2.39. The van der Waals surface area contributed by atoms with Crippen LogP contribution in [0.25, 0.3) is 11.0 Å². The summed E-state index contributed by atoms with van der Waals surface area (Å²) in [5, 5.41) is 5.27. The minimum atomic E-state index is -2.68. The van der Waals surface area contributed by atoms with Gasteiger partial charge in [-0.1, -0.05) is 6.92 Å². The van der Waals surface area contributed by atoms with Crippen LogP contribution in [0.1, 0.15) is 48.1 Å². The maximum absolute atomic E-state index is 12.8. The summed E-state index contributed by atoms with van der Waals surface area (Å²) in [7, 11) is 0. The molecule has 0 radical (unpaired) electrons. The Kier molecular flexibility index (Phi) is 5.36. The zero-order chi connectivity index (χ0) is 19.7. The Balaban J connectivity index is 1.41. The number of fused-ring (bicyclic) bond motifs is 1. The van der Waals surface area contributed by atoms with Crippen LogP contribution < -0.4 is 5.32 Å². The number of piperidine rings is 1. The maximum Gasteiger partial charge on any atom is 0.295 e. The number of H-pyrrole nitrogens is 1. The quantitative estimate of drug-likeness (QED) is 0.658. The molecule has 1 aromatic carbocycles. The Morgan fingerprint density at radius 1 is 1.36 bits per heavy atom. The molecule has 2 N–H and O–H groups in total. The second-order valence-corrected chi connectivity index (χ2v) is 8.07. The lowest BCUT2D eigenvalue weighted by Crippen LogP contribution is -2.32. The Labute approximate surface area is 165 Å². The van der Waals surface area contributed by atoms with Crippen molar-refractivity contribution >= 4 is 33.4 Å². The molecule has 1 fully saturated rings. The van der Waals surface area contributed by atoms with Gasteiger partial charge in [-0.15, -0.1) is 11.3 Å². The van der Waals surface area contributed by atoms with Crippen molar-refractivity contribution in [3.8, 4) is 0 Å². The minimum absolute atomic E-state index is 0.331. The molecule has 3 heterocycles. The Bertz CT molecular complexity index is 978. The van der Waals surface area contributed by atoms with Gasteiger partial charge in [0.15, 0.2) is 11.0 Å². The summed E-state index contributed by atoms with van der Waals surface area (Å²) in [6, 6.07) is 4.64. The van der Waals surface area contributed by atoms with Crippen molar-refractivity contribution in [2.24, 2.45) is 5.92 Å². The fourth-order valence-corrected chi connectivity index (χ4v) is 4.03. The zero-order valence-electron chi connectivity index (χ0n) is 15.4. The molecule has 9 heteroatoms. The second kappa shape index (κ2) is 7.92. The normalized spacial score (nSPS) is 16.1. The third kappa shape index (κ3) is 4.20. The number of hydrogen-bond acceptors (Lipinski definition) is 5. The van der Waals surface area contributed by atoms with E-state index in [1.165, 1.54) is 30.2 Å². The highest BCUT2D eigenvalue weighted by Gasteiger charge is 2.18. The van der Waals surface area contributed by atoms with Crippen LogP contribution in [0.2, 0.25) is 0 Å². The molecule has 4 rings (SSSR count). The number of likely N-dealkylation sites (tertiary alicyclic amines) is 1. The fraction of sp³-hybridized carbons (Fsp3) is 0.421. The standard InChI is InChI=1S/C19H21F2N5OS/c1-11-4-6-26(7-5-11)9-13-10-28-19(22-13)25-18(27)12-2-3-14-15(8-12)24-17(23-14)16(20)21/h2-3,8,10-11,16H,4-7,9H2,1H3,(H,23,24)(H,22,25,27). The van der Waals surface area contributed by atoms with E-state index < -0.39 is 12.2 Å².